The van der Waals surface area contributed by atoms with Crippen LogP contribution in [0, 0.1) is 0 Å². The molecule has 0 amide bonds. The Balaban J connectivity index is 1.84. The Labute approximate surface area is 151 Å². The van der Waals surface area contributed by atoms with Crippen LogP contribution in [0.1, 0.15) is 18.2 Å². The molecule has 1 heterocycles. The zero-order valence-corrected chi connectivity index (χ0v) is 15.0. The largest absolute Gasteiger partial charge is 0.491 e. The summed E-state index contributed by atoms with van der Waals surface area (Å²) in [5.41, 5.74) is 3.32. The van der Waals surface area contributed by atoms with Gasteiger partial charge in [-0.05, 0) is 29.7 Å². The lowest BCUT2D eigenvalue weighted by atomic mass is 10.0. The number of hydrogen-bond donors (Lipinski definition) is 1. The number of nitrogens with zero attached hydrogens (tertiary/aromatic N) is 1. The lowest BCUT2D eigenvalue weighted by Gasteiger charge is -2.14. The molecule has 24 heavy (non-hydrogen) atoms. The fraction of sp³-hybridized carbons (Fsp3) is 0.211. The molecular weight excluding hydrogens is 340 g/mol. The first-order chi connectivity index (χ1) is 11.8. The quantitative estimate of drug-likeness (QED) is 0.574. The second-order valence-electron chi connectivity index (χ2n) is 5.36. The van der Waals surface area contributed by atoms with Crippen LogP contribution in [0.2, 0.25) is 4.47 Å². The second kappa shape index (κ2) is 8.18. The molecule has 0 aliphatic rings. The molecule has 0 saturated heterocycles. The number of hydrogen-bond acceptors (Lipinski definition) is 4. The van der Waals surface area contributed by atoms with Crippen LogP contribution < -0.4 is 10.1 Å². The van der Waals surface area contributed by atoms with Gasteiger partial charge < -0.3 is 10.1 Å². The van der Waals surface area contributed by atoms with Crippen molar-refractivity contribution in [2.45, 2.75) is 19.9 Å². The number of nitrogens with one attached hydrogen (secondary N) is 1. The van der Waals surface area contributed by atoms with E-state index >= 15 is 0 Å². The van der Waals surface area contributed by atoms with Gasteiger partial charge in [-0.25, -0.2) is 4.98 Å². The molecule has 3 nitrogen and oxygen atoms in total. The molecule has 0 aliphatic carbocycles. The maximum atomic E-state index is 5.90. The first-order valence-electron chi connectivity index (χ1n) is 7.92. The number of anilines is 1. The van der Waals surface area contributed by atoms with Crippen LogP contribution in [0.15, 0.2) is 54.7 Å². The van der Waals surface area contributed by atoms with Gasteiger partial charge in [-0.1, -0.05) is 54.9 Å². The van der Waals surface area contributed by atoms with Crippen LogP contribution in [0.5, 0.6) is 5.75 Å². The Hall–Kier alpha value is -2.04. The lowest BCUT2D eigenvalue weighted by molar-refractivity contribution is 0.319. The molecule has 2 aromatic carbocycles. The monoisotopic (exact) mass is 358 g/mol. The van der Waals surface area contributed by atoms with Crippen LogP contribution in [0.4, 0.5) is 5.69 Å². The van der Waals surface area contributed by atoms with Gasteiger partial charge in [0.1, 0.15) is 5.75 Å². The number of benzene rings is 2. The summed E-state index contributed by atoms with van der Waals surface area (Å²) in [7, 11) is 0. The predicted molar refractivity (Wildman–Crippen MR) is 102 cm³/mol. The molecule has 5 heteroatoms. The molecule has 1 aromatic heterocycles. The minimum absolute atomic E-state index is 0.562. The second-order valence-corrected chi connectivity index (χ2v) is 7.06. The van der Waals surface area contributed by atoms with Crippen LogP contribution in [0.3, 0.4) is 0 Å². The summed E-state index contributed by atoms with van der Waals surface area (Å²) in [5.74, 6) is 0.868. The average Bonchev–Trinajstić information content (AvgIpc) is 3.04. The number of aromatic nitrogens is 1. The van der Waals surface area contributed by atoms with E-state index in [0.29, 0.717) is 17.6 Å². The molecule has 0 aliphatic heterocycles. The molecule has 0 bridgehead atoms. The summed E-state index contributed by atoms with van der Waals surface area (Å²) < 4.78 is 6.43. The first-order valence-corrected chi connectivity index (χ1v) is 9.12. The third-order valence-electron chi connectivity index (χ3n) is 3.53. The number of halogens is 1. The zero-order valence-electron chi connectivity index (χ0n) is 13.5. The molecule has 1 N–H and O–H groups in total. The molecule has 3 rings (SSSR count). The smallest absolute Gasteiger partial charge is 0.183 e. The van der Waals surface area contributed by atoms with Gasteiger partial charge in [0, 0.05) is 11.1 Å². The van der Waals surface area contributed by atoms with Crippen LogP contribution in [0.25, 0.3) is 11.1 Å². The normalized spacial score (nSPS) is 10.6. The van der Waals surface area contributed by atoms with Gasteiger partial charge in [-0.2, -0.15) is 0 Å². The zero-order chi connectivity index (χ0) is 16.8. The average molecular weight is 359 g/mol. The van der Waals surface area contributed by atoms with Crippen molar-refractivity contribution in [2.24, 2.45) is 0 Å². The third kappa shape index (κ3) is 4.28. The van der Waals surface area contributed by atoms with E-state index in [-0.39, 0.29) is 0 Å². The number of ether oxygens (including phenoxy) is 1. The molecule has 0 unspecified atom stereocenters. The standard InChI is InChI=1S/C19H19ClN2OS/c1-2-10-23-18-9-8-15(14-6-4-3-5-7-14)11-17(18)21-12-16-13-22-19(20)24-16/h3-9,11,13,21H,2,10,12H2,1H3. The van der Waals surface area contributed by atoms with Gasteiger partial charge in [-0.3, -0.25) is 0 Å². The van der Waals surface area contributed by atoms with E-state index in [0.717, 1.165) is 28.3 Å². The molecular formula is C19H19ClN2OS. The van der Waals surface area contributed by atoms with Crippen molar-refractivity contribution in [1.82, 2.24) is 4.98 Å². The summed E-state index contributed by atoms with van der Waals surface area (Å²) in [6, 6.07) is 16.6. The van der Waals surface area contributed by atoms with Gasteiger partial charge in [0.05, 0.1) is 18.8 Å². The fourth-order valence-electron chi connectivity index (χ4n) is 2.36. The highest BCUT2D eigenvalue weighted by Crippen LogP contribution is 2.31. The van der Waals surface area contributed by atoms with E-state index in [4.69, 9.17) is 16.3 Å². The van der Waals surface area contributed by atoms with Crippen molar-refractivity contribution in [3.63, 3.8) is 0 Å². The van der Waals surface area contributed by atoms with E-state index in [1.165, 1.54) is 16.9 Å². The molecule has 0 spiro atoms. The SMILES string of the molecule is CCCOc1ccc(-c2ccccc2)cc1NCc1cnc(Cl)s1. The van der Waals surface area contributed by atoms with Gasteiger partial charge in [0.2, 0.25) is 0 Å². The lowest BCUT2D eigenvalue weighted by Crippen LogP contribution is -2.03. The molecule has 0 fully saturated rings. The Morgan fingerprint density at radius 2 is 1.96 bits per heavy atom. The first kappa shape index (κ1) is 16.8. The van der Waals surface area contributed by atoms with Gasteiger partial charge in [0.15, 0.2) is 4.47 Å². The van der Waals surface area contributed by atoms with Gasteiger partial charge in [0.25, 0.3) is 0 Å². The van der Waals surface area contributed by atoms with E-state index in [9.17, 15) is 0 Å². The highest BCUT2D eigenvalue weighted by Gasteiger charge is 2.08. The summed E-state index contributed by atoms with van der Waals surface area (Å²) in [4.78, 5) is 5.17. The highest BCUT2D eigenvalue weighted by molar-refractivity contribution is 7.15. The third-order valence-corrected chi connectivity index (χ3v) is 4.64. The summed E-state index contributed by atoms with van der Waals surface area (Å²) in [6.07, 6.45) is 2.78. The van der Waals surface area contributed by atoms with Gasteiger partial charge in [-0.15, -0.1) is 11.3 Å². The van der Waals surface area contributed by atoms with Crippen molar-refractivity contribution < 1.29 is 4.74 Å². The highest BCUT2D eigenvalue weighted by atomic mass is 35.5. The Morgan fingerprint density at radius 3 is 2.67 bits per heavy atom. The fourth-order valence-corrected chi connectivity index (χ4v) is 3.28. The maximum absolute atomic E-state index is 5.90. The molecule has 124 valence electrons. The van der Waals surface area contributed by atoms with E-state index in [1.54, 1.807) is 6.20 Å². The molecule has 3 aromatic rings. The molecule has 0 atom stereocenters. The van der Waals surface area contributed by atoms with Crippen LogP contribution in [-0.4, -0.2) is 11.6 Å². The maximum Gasteiger partial charge on any atom is 0.183 e. The minimum atomic E-state index is 0.562. The number of thiazole rings is 1. The van der Waals surface area contributed by atoms with Gasteiger partial charge >= 0.3 is 0 Å². The van der Waals surface area contributed by atoms with E-state index < -0.39 is 0 Å². The van der Waals surface area contributed by atoms with Crippen molar-refractivity contribution in [1.29, 1.82) is 0 Å². The molecule has 0 radical (unpaired) electrons. The van der Waals surface area contributed by atoms with E-state index in [2.05, 4.69) is 41.5 Å². The summed E-state index contributed by atoms with van der Waals surface area (Å²) in [6.45, 7) is 3.47. The molecule has 0 saturated carbocycles. The Kier molecular flexibility index (Phi) is 5.72. The van der Waals surface area contributed by atoms with E-state index in [1.807, 2.05) is 24.3 Å². The topological polar surface area (TPSA) is 34.1 Å². The van der Waals surface area contributed by atoms with Crippen molar-refractivity contribution in [3.05, 3.63) is 64.1 Å². The summed E-state index contributed by atoms with van der Waals surface area (Å²) in [5, 5.41) is 3.45. The Bertz CT molecular complexity index is 789. The number of rotatable bonds is 7. The minimum Gasteiger partial charge on any atom is -0.491 e. The van der Waals surface area contributed by atoms with Crippen LogP contribution >= 0.6 is 22.9 Å². The van der Waals surface area contributed by atoms with Crippen LogP contribution in [-0.2, 0) is 6.54 Å². The summed E-state index contributed by atoms with van der Waals surface area (Å²) >= 11 is 7.38. The predicted octanol–water partition coefficient (Wildman–Crippen LogP) is 5.86. The van der Waals surface area contributed by atoms with Crippen molar-refractivity contribution >= 4 is 28.6 Å². The Morgan fingerprint density at radius 1 is 1.12 bits per heavy atom. The van der Waals surface area contributed by atoms with Crippen molar-refractivity contribution in [3.8, 4) is 16.9 Å². The van der Waals surface area contributed by atoms with Crippen molar-refractivity contribution in [2.75, 3.05) is 11.9 Å².